The van der Waals surface area contributed by atoms with E-state index in [4.69, 9.17) is 20.8 Å². The molecule has 104 valence electrons. The number of nitrogens with zero attached hydrogens (tertiary/aromatic N) is 2. The van der Waals surface area contributed by atoms with E-state index in [1.54, 1.807) is 6.92 Å². The summed E-state index contributed by atoms with van der Waals surface area (Å²) in [6.45, 7) is 1.84. The second-order valence-electron chi connectivity index (χ2n) is 3.71. The third-order valence-corrected chi connectivity index (χ3v) is 2.61. The monoisotopic (exact) mass is 296 g/mol. The van der Waals surface area contributed by atoms with Crippen molar-refractivity contribution in [2.75, 3.05) is 6.61 Å². The number of halogens is 1. The van der Waals surface area contributed by atoms with Crippen LogP contribution in [0.2, 0.25) is 5.02 Å². The van der Waals surface area contributed by atoms with Gasteiger partial charge in [0.05, 0.1) is 11.5 Å². The van der Waals surface area contributed by atoms with Crippen LogP contribution >= 0.6 is 11.6 Å². The van der Waals surface area contributed by atoms with E-state index in [2.05, 4.69) is 4.98 Å². The lowest BCUT2D eigenvalue weighted by Crippen LogP contribution is -2.06. The first-order chi connectivity index (χ1) is 9.52. The maximum atomic E-state index is 11.7. The van der Waals surface area contributed by atoms with Crippen molar-refractivity contribution in [1.29, 1.82) is 0 Å². The fourth-order valence-electron chi connectivity index (χ4n) is 1.61. The zero-order valence-corrected chi connectivity index (χ0v) is 11.1. The molecule has 1 heterocycles. The summed E-state index contributed by atoms with van der Waals surface area (Å²) in [6, 6.07) is 3.89. The normalized spacial score (nSPS) is 10.3. The van der Waals surface area contributed by atoms with Gasteiger partial charge in [-0.15, -0.1) is 0 Å². The van der Waals surface area contributed by atoms with Crippen molar-refractivity contribution in [2.45, 2.75) is 6.92 Å². The third-order valence-electron chi connectivity index (χ3n) is 2.39. The Morgan fingerprint density at radius 2 is 2.25 bits per heavy atom. The molecular weight excluding hydrogens is 288 g/mol. The minimum Gasteiger partial charge on any atom is -0.461 e. The summed E-state index contributed by atoms with van der Waals surface area (Å²) in [5.41, 5.74) is 0.0203. The molecule has 0 N–H and O–H groups in total. The number of hydrogen-bond donors (Lipinski definition) is 0. The second kappa shape index (κ2) is 5.70. The van der Waals surface area contributed by atoms with Gasteiger partial charge in [-0.3, -0.25) is 10.1 Å². The maximum Gasteiger partial charge on any atom is 0.360 e. The van der Waals surface area contributed by atoms with Gasteiger partial charge in [0.1, 0.15) is 0 Å². The average Bonchev–Trinajstić information content (AvgIpc) is 2.87. The Bertz CT molecular complexity index is 668. The molecule has 1 aromatic carbocycles. The highest BCUT2D eigenvalue weighted by atomic mass is 35.5. The molecule has 0 aliphatic heterocycles. The van der Waals surface area contributed by atoms with Crippen molar-refractivity contribution in [1.82, 2.24) is 4.98 Å². The number of esters is 1. The van der Waals surface area contributed by atoms with Crippen LogP contribution in [0.3, 0.4) is 0 Å². The van der Waals surface area contributed by atoms with Gasteiger partial charge in [0, 0.05) is 22.7 Å². The number of aromatic nitrogens is 1. The molecule has 0 amide bonds. The second-order valence-corrected chi connectivity index (χ2v) is 4.14. The van der Waals surface area contributed by atoms with E-state index in [-0.39, 0.29) is 34.3 Å². The molecule has 0 bridgehead atoms. The van der Waals surface area contributed by atoms with Gasteiger partial charge in [-0.2, -0.15) is 0 Å². The van der Waals surface area contributed by atoms with Gasteiger partial charge in [0.25, 0.3) is 5.69 Å². The number of rotatable bonds is 4. The average molecular weight is 297 g/mol. The molecule has 0 radical (unpaired) electrons. The minimum absolute atomic E-state index is 0.0524. The van der Waals surface area contributed by atoms with Crippen molar-refractivity contribution in [3.63, 3.8) is 0 Å². The largest absolute Gasteiger partial charge is 0.461 e. The summed E-state index contributed by atoms with van der Waals surface area (Å²) in [7, 11) is 0. The minimum atomic E-state index is -0.668. The summed E-state index contributed by atoms with van der Waals surface area (Å²) < 4.78 is 9.94. The molecule has 0 saturated heterocycles. The van der Waals surface area contributed by atoms with E-state index in [1.165, 1.54) is 18.2 Å². The van der Waals surface area contributed by atoms with E-state index in [0.29, 0.717) is 0 Å². The van der Waals surface area contributed by atoms with E-state index in [9.17, 15) is 14.9 Å². The smallest absolute Gasteiger partial charge is 0.360 e. The lowest BCUT2D eigenvalue weighted by molar-refractivity contribution is -0.384. The molecule has 2 aromatic rings. The van der Waals surface area contributed by atoms with Crippen LogP contribution in [0.25, 0.3) is 11.3 Å². The summed E-state index contributed by atoms with van der Waals surface area (Å²) in [5, 5.41) is 11.0. The highest BCUT2D eigenvalue weighted by molar-refractivity contribution is 6.31. The molecule has 0 aliphatic rings. The molecule has 8 heteroatoms. The van der Waals surface area contributed by atoms with Crippen LogP contribution in [-0.2, 0) is 4.74 Å². The molecule has 0 aliphatic carbocycles. The van der Waals surface area contributed by atoms with Crippen LogP contribution in [0, 0.1) is 10.1 Å². The van der Waals surface area contributed by atoms with Gasteiger partial charge in [-0.05, 0) is 13.0 Å². The molecule has 0 unspecified atom stereocenters. The van der Waals surface area contributed by atoms with Crippen molar-refractivity contribution in [3.05, 3.63) is 45.4 Å². The van der Waals surface area contributed by atoms with Crippen LogP contribution < -0.4 is 0 Å². The molecule has 0 fully saturated rings. The first kappa shape index (κ1) is 14.0. The highest BCUT2D eigenvalue weighted by Crippen LogP contribution is 2.30. The first-order valence-electron chi connectivity index (χ1n) is 5.59. The molecule has 0 spiro atoms. The number of nitro groups is 1. The van der Waals surface area contributed by atoms with E-state index in [1.807, 2.05) is 0 Å². The predicted octanol–water partition coefficient (Wildman–Crippen LogP) is 3.08. The Labute approximate surface area is 118 Å². The Hall–Kier alpha value is -2.41. The van der Waals surface area contributed by atoms with E-state index in [0.717, 1.165) is 6.39 Å². The van der Waals surface area contributed by atoms with Crippen LogP contribution in [0.4, 0.5) is 5.69 Å². The van der Waals surface area contributed by atoms with E-state index >= 15 is 0 Å². The van der Waals surface area contributed by atoms with Gasteiger partial charge in [0.2, 0.25) is 0 Å². The number of oxazole rings is 1. The number of carbonyl (C=O) groups excluding carboxylic acids is 1. The lowest BCUT2D eigenvalue weighted by atomic mass is 10.1. The number of non-ortho nitro benzene ring substituents is 1. The molecule has 0 saturated carbocycles. The molecule has 7 nitrogen and oxygen atoms in total. The molecule has 0 atom stereocenters. The molecule has 1 aromatic heterocycles. The van der Waals surface area contributed by atoms with Crippen LogP contribution in [0.1, 0.15) is 17.4 Å². The zero-order valence-electron chi connectivity index (χ0n) is 10.3. The quantitative estimate of drug-likeness (QED) is 0.489. The van der Waals surface area contributed by atoms with Crippen LogP contribution in [0.5, 0.6) is 0 Å². The van der Waals surface area contributed by atoms with Crippen molar-refractivity contribution >= 4 is 23.3 Å². The highest BCUT2D eigenvalue weighted by Gasteiger charge is 2.21. The fraction of sp³-hybridized carbons (Fsp3) is 0.167. The summed E-state index contributed by atoms with van der Waals surface area (Å²) in [4.78, 5) is 25.7. The van der Waals surface area contributed by atoms with Crippen molar-refractivity contribution in [2.24, 2.45) is 0 Å². The van der Waals surface area contributed by atoms with Gasteiger partial charge >= 0.3 is 5.97 Å². The first-order valence-corrected chi connectivity index (χ1v) is 5.96. The summed E-state index contributed by atoms with van der Waals surface area (Å²) in [5.74, 6) is -0.590. The summed E-state index contributed by atoms with van der Waals surface area (Å²) >= 11 is 5.82. The predicted molar refractivity (Wildman–Crippen MR) is 69.6 cm³/mol. The fourth-order valence-corrected chi connectivity index (χ4v) is 1.84. The molecule has 20 heavy (non-hydrogen) atoms. The number of benzene rings is 1. The topological polar surface area (TPSA) is 95.5 Å². The Kier molecular flexibility index (Phi) is 3.99. The zero-order chi connectivity index (χ0) is 14.7. The van der Waals surface area contributed by atoms with E-state index < -0.39 is 10.9 Å². The van der Waals surface area contributed by atoms with Gasteiger partial charge in [-0.1, -0.05) is 11.6 Å². The Balaban J connectivity index is 2.50. The van der Waals surface area contributed by atoms with Gasteiger partial charge in [-0.25, -0.2) is 9.78 Å². The Morgan fingerprint density at radius 3 is 2.90 bits per heavy atom. The number of nitro benzene ring substituents is 1. The number of ether oxygens (including phenoxy) is 1. The van der Waals surface area contributed by atoms with Gasteiger partial charge in [0.15, 0.2) is 17.8 Å². The number of hydrogen-bond acceptors (Lipinski definition) is 6. The molecular formula is C12H9ClN2O5. The van der Waals surface area contributed by atoms with Crippen molar-refractivity contribution < 1.29 is 18.9 Å². The van der Waals surface area contributed by atoms with Crippen molar-refractivity contribution in [3.8, 4) is 11.3 Å². The Morgan fingerprint density at radius 1 is 1.50 bits per heavy atom. The lowest BCUT2D eigenvalue weighted by Gasteiger charge is -2.02. The number of carbonyl (C=O) groups is 1. The van der Waals surface area contributed by atoms with Crippen LogP contribution in [0.15, 0.2) is 29.0 Å². The third kappa shape index (κ3) is 2.77. The van der Waals surface area contributed by atoms with Gasteiger partial charge < -0.3 is 9.15 Å². The molecule has 2 rings (SSSR count). The standard InChI is InChI=1S/C12H9ClN2O5/c1-2-19-12(16)10-11(20-6-14-10)7-3-8(13)5-9(4-7)15(17)18/h3-6H,2H2,1H3. The SMILES string of the molecule is CCOC(=O)c1ncoc1-c1cc(Cl)cc([N+](=O)[O-])c1. The summed E-state index contributed by atoms with van der Waals surface area (Å²) in [6.07, 6.45) is 1.06. The van der Waals surface area contributed by atoms with Crippen LogP contribution in [-0.4, -0.2) is 22.5 Å². The maximum absolute atomic E-state index is 11.7.